The third-order valence-corrected chi connectivity index (χ3v) is 4.34. The van der Waals surface area contributed by atoms with Crippen LogP contribution in [0.15, 0.2) is 54.6 Å². The van der Waals surface area contributed by atoms with Crippen LogP contribution < -0.4 is 5.32 Å². The average molecular weight is 349 g/mol. The Morgan fingerprint density at radius 1 is 0.960 bits per heavy atom. The van der Waals surface area contributed by atoms with Crippen LogP contribution in [0.4, 0.5) is 11.5 Å². The summed E-state index contributed by atoms with van der Waals surface area (Å²) in [5.41, 5.74) is 4.91. The van der Waals surface area contributed by atoms with Gasteiger partial charge in [-0.2, -0.15) is 0 Å². The zero-order chi connectivity index (χ0) is 17.4. The summed E-state index contributed by atoms with van der Waals surface area (Å²) in [5.74, 6) is 1.41. The van der Waals surface area contributed by atoms with Gasteiger partial charge in [0.05, 0.1) is 5.39 Å². The Kier molecular flexibility index (Phi) is 3.90. The summed E-state index contributed by atoms with van der Waals surface area (Å²) in [6, 6.07) is 17.8. The second-order valence-corrected chi connectivity index (χ2v) is 6.50. The molecule has 0 bridgehead atoms. The summed E-state index contributed by atoms with van der Waals surface area (Å²) in [6.45, 7) is 4.08. The molecule has 4 rings (SSSR count). The number of aromatic amines is 1. The Balaban J connectivity index is 1.88. The molecular weight excluding hydrogens is 332 g/mol. The molecule has 0 saturated heterocycles. The Labute approximate surface area is 150 Å². The molecule has 4 nitrogen and oxygen atoms in total. The Hall–Kier alpha value is -2.85. The largest absolute Gasteiger partial charge is 0.343 e. The molecule has 2 heterocycles. The molecule has 0 amide bonds. The number of hydrogen-bond acceptors (Lipinski definition) is 3. The van der Waals surface area contributed by atoms with Crippen molar-refractivity contribution in [3.05, 3.63) is 70.9 Å². The van der Waals surface area contributed by atoms with Gasteiger partial charge in [-0.15, -0.1) is 0 Å². The van der Waals surface area contributed by atoms with Crippen molar-refractivity contribution in [1.82, 2.24) is 15.0 Å². The SMILES string of the molecule is Cc1cc2c(Nc3ccccc3C)nc(-c3cccc(Cl)c3)nc2[nH]1. The second kappa shape index (κ2) is 6.22. The first-order valence-corrected chi connectivity index (χ1v) is 8.44. The van der Waals surface area contributed by atoms with Gasteiger partial charge in [-0.3, -0.25) is 0 Å². The quantitative estimate of drug-likeness (QED) is 0.503. The predicted molar refractivity (Wildman–Crippen MR) is 104 cm³/mol. The van der Waals surface area contributed by atoms with E-state index in [2.05, 4.69) is 34.3 Å². The molecule has 5 heteroatoms. The maximum atomic E-state index is 6.13. The smallest absolute Gasteiger partial charge is 0.163 e. The lowest BCUT2D eigenvalue weighted by Crippen LogP contribution is -1.99. The second-order valence-electron chi connectivity index (χ2n) is 6.06. The number of aromatic nitrogens is 3. The van der Waals surface area contributed by atoms with E-state index in [4.69, 9.17) is 16.6 Å². The third-order valence-electron chi connectivity index (χ3n) is 4.10. The highest BCUT2D eigenvalue weighted by Gasteiger charge is 2.12. The summed E-state index contributed by atoms with van der Waals surface area (Å²) >= 11 is 6.13. The number of H-pyrrole nitrogens is 1. The molecule has 4 aromatic rings. The number of nitrogens with zero attached hydrogens (tertiary/aromatic N) is 2. The first-order valence-electron chi connectivity index (χ1n) is 8.06. The van der Waals surface area contributed by atoms with E-state index in [0.29, 0.717) is 10.8 Å². The summed E-state index contributed by atoms with van der Waals surface area (Å²) < 4.78 is 0. The van der Waals surface area contributed by atoms with Crippen LogP contribution >= 0.6 is 11.6 Å². The van der Waals surface area contributed by atoms with Crippen LogP contribution in [-0.4, -0.2) is 15.0 Å². The van der Waals surface area contributed by atoms with Gasteiger partial charge in [-0.25, -0.2) is 9.97 Å². The van der Waals surface area contributed by atoms with Gasteiger partial charge in [0.1, 0.15) is 11.5 Å². The van der Waals surface area contributed by atoms with Crippen molar-refractivity contribution >= 4 is 34.1 Å². The van der Waals surface area contributed by atoms with Crippen LogP contribution in [0.2, 0.25) is 5.02 Å². The number of anilines is 2. The number of halogens is 1. The molecule has 0 atom stereocenters. The highest BCUT2D eigenvalue weighted by atomic mass is 35.5. The fraction of sp³-hybridized carbons (Fsp3) is 0.100. The normalized spacial score (nSPS) is 11.0. The highest BCUT2D eigenvalue weighted by molar-refractivity contribution is 6.30. The van der Waals surface area contributed by atoms with Crippen LogP contribution in [0.1, 0.15) is 11.3 Å². The molecule has 25 heavy (non-hydrogen) atoms. The summed E-state index contributed by atoms with van der Waals surface area (Å²) in [7, 11) is 0. The van der Waals surface area contributed by atoms with Gasteiger partial charge >= 0.3 is 0 Å². The zero-order valence-corrected chi connectivity index (χ0v) is 14.7. The molecule has 0 aliphatic heterocycles. The van der Waals surface area contributed by atoms with E-state index in [1.165, 1.54) is 0 Å². The molecule has 124 valence electrons. The number of rotatable bonds is 3. The lowest BCUT2D eigenvalue weighted by Gasteiger charge is -2.11. The first kappa shape index (κ1) is 15.7. The summed E-state index contributed by atoms with van der Waals surface area (Å²) in [5, 5.41) is 5.08. The minimum atomic E-state index is 0.632. The predicted octanol–water partition coefficient (Wildman–Crippen LogP) is 5.64. The topological polar surface area (TPSA) is 53.6 Å². The van der Waals surface area contributed by atoms with Crippen LogP contribution in [-0.2, 0) is 0 Å². The van der Waals surface area contributed by atoms with Crippen molar-refractivity contribution in [2.45, 2.75) is 13.8 Å². The van der Waals surface area contributed by atoms with Gasteiger partial charge < -0.3 is 10.3 Å². The van der Waals surface area contributed by atoms with E-state index in [1.807, 2.05) is 49.4 Å². The van der Waals surface area contributed by atoms with E-state index < -0.39 is 0 Å². The van der Waals surface area contributed by atoms with E-state index in [0.717, 1.165) is 39.4 Å². The molecular formula is C20H17ClN4. The fourth-order valence-corrected chi connectivity index (χ4v) is 3.02. The number of para-hydroxylation sites is 1. The van der Waals surface area contributed by atoms with Crippen molar-refractivity contribution in [2.24, 2.45) is 0 Å². The number of nitrogens with one attached hydrogen (secondary N) is 2. The Bertz CT molecular complexity index is 1070. The standard InChI is InChI=1S/C20H17ClN4/c1-12-6-3-4-9-17(12)23-20-16-10-13(2)22-19(16)24-18(25-20)14-7-5-8-15(21)11-14/h3-11H,1-2H3,(H2,22,23,24,25). The molecule has 0 spiro atoms. The van der Waals surface area contributed by atoms with Crippen LogP contribution in [0.3, 0.4) is 0 Å². The van der Waals surface area contributed by atoms with Crippen molar-refractivity contribution in [3.63, 3.8) is 0 Å². The minimum Gasteiger partial charge on any atom is -0.343 e. The van der Waals surface area contributed by atoms with E-state index in [1.54, 1.807) is 0 Å². The first-order chi connectivity index (χ1) is 12.1. The van der Waals surface area contributed by atoms with Gasteiger partial charge in [0, 0.05) is 22.0 Å². The van der Waals surface area contributed by atoms with Gasteiger partial charge in [0.2, 0.25) is 0 Å². The highest BCUT2D eigenvalue weighted by Crippen LogP contribution is 2.29. The van der Waals surface area contributed by atoms with Gasteiger partial charge in [-0.05, 0) is 43.7 Å². The van der Waals surface area contributed by atoms with Gasteiger partial charge in [0.25, 0.3) is 0 Å². The van der Waals surface area contributed by atoms with Crippen molar-refractivity contribution in [2.75, 3.05) is 5.32 Å². The number of benzene rings is 2. The molecule has 0 radical (unpaired) electrons. The van der Waals surface area contributed by atoms with Crippen molar-refractivity contribution in [1.29, 1.82) is 0 Å². The van der Waals surface area contributed by atoms with Crippen LogP contribution in [0, 0.1) is 13.8 Å². The van der Waals surface area contributed by atoms with E-state index in [9.17, 15) is 0 Å². The lowest BCUT2D eigenvalue weighted by molar-refractivity contribution is 1.19. The molecule has 0 unspecified atom stereocenters. The fourth-order valence-electron chi connectivity index (χ4n) is 2.83. The number of hydrogen-bond donors (Lipinski definition) is 2. The van der Waals surface area contributed by atoms with E-state index >= 15 is 0 Å². The van der Waals surface area contributed by atoms with Crippen molar-refractivity contribution < 1.29 is 0 Å². The molecule has 2 aromatic heterocycles. The molecule has 0 aliphatic rings. The maximum absolute atomic E-state index is 6.13. The lowest BCUT2D eigenvalue weighted by atomic mass is 10.2. The maximum Gasteiger partial charge on any atom is 0.163 e. The molecule has 2 N–H and O–H groups in total. The number of aryl methyl sites for hydroxylation is 2. The molecule has 0 fully saturated rings. The van der Waals surface area contributed by atoms with Crippen LogP contribution in [0.5, 0.6) is 0 Å². The zero-order valence-electron chi connectivity index (χ0n) is 14.0. The average Bonchev–Trinajstić information content (AvgIpc) is 2.97. The molecule has 2 aromatic carbocycles. The Morgan fingerprint density at radius 3 is 2.60 bits per heavy atom. The van der Waals surface area contributed by atoms with Gasteiger partial charge in [0.15, 0.2) is 5.82 Å². The van der Waals surface area contributed by atoms with E-state index in [-0.39, 0.29) is 0 Å². The van der Waals surface area contributed by atoms with Crippen LogP contribution in [0.25, 0.3) is 22.4 Å². The summed E-state index contributed by atoms with van der Waals surface area (Å²) in [4.78, 5) is 12.7. The number of fused-ring (bicyclic) bond motifs is 1. The minimum absolute atomic E-state index is 0.632. The monoisotopic (exact) mass is 348 g/mol. The Morgan fingerprint density at radius 2 is 1.80 bits per heavy atom. The third kappa shape index (κ3) is 3.08. The van der Waals surface area contributed by atoms with Crippen molar-refractivity contribution in [3.8, 4) is 11.4 Å². The summed E-state index contributed by atoms with van der Waals surface area (Å²) in [6.07, 6.45) is 0. The van der Waals surface area contributed by atoms with Gasteiger partial charge in [-0.1, -0.05) is 41.9 Å². The molecule has 0 saturated carbocycles. The molecule has 0 aliphatic carbocycles.